The number of carbonyl (C=O) groups is 1. The lowest BCUT2D eigenvalue weighted by molar-refractivity contribution is -0.173. The number of amides is 1. The van der Waals surface area contributed by atoms with Gasteiger partial charge in [-0.1, -0.05) is 30.3 Å². The molecule has 0 aliphatic carbocycles. The predicted molar refractivity (Wildman–Crippen MR) is 96.5 cm³/mol. The lowest BCUT2D eigenvalue weighted by Crippen LogP contribution is -2.37. The van der Waals surface area contributed by atoms with Gasteiger partial charge in [-0.3, -0.25) is 4.79 Å². The van der Waals surface area contributed by atoms with Gasteiger partial charge in [0.05, 0.1) is 18.3 Å². The Hall–Kier alpha value is -3.09. The maximum Gasteiger partial charge on any atom is 0.471 e. The average Bonchev–Trinajstić information content (AvgIpc) is 2.67. The summed E-state index contributed by atoms with van der Waals surface area (Å²) in [6.07, 6.45) is -4.66. The Morgan fingerprint density at radius 3 is 2.52 bits per heavy atom. The van der Waals surface area contributed by atoms with E-state index in [4.69, 9.17) is 4.74 Å². The van der Waals surface area contributed by atoms with Crippen LogP contribution in [0.4, 0.5) is 13.2 Å². The largest absolute Gasteiger partial charge is 0.497 e. The summed E-state index contributed by atoms with van der Waals surface area (Å²) in [7, 11) is 1.54. The first-order valence-electron chi connectivity index (χ1n) is 8.26. The van der Waals surface area contributed by atoms with Crippen LogP contribution in [0, 0.1) is 0 Å². The highest BCUT2D eigenvalue weighted by atomic mass is 19.4. The molecule has 1 aromatic heterocycles. The van der Waals surface area contributed by atoms with Gasteiger partial charge in [-0.15, -0.1) is 0 Å². The van der Waals surface area contributed by atoms with Crippen LogP contribution < -0.4 is 10.1 Å². The molecule has 1 amide bonds. The first kappa shape index (κ1) is 18.7. The van der Waals surface area contributed by atoms with Crippen molar-refractivity contribution in [2.45, 2.75) is 12.6 Å². The van der Waals surface area contributed by atoms with Crippen molar-refractivity contribution < 1.29 is 22.7 Å². The number of rotatable bonds is 5. The van der Waals surface area contributed by atoms with Crippen LogP contribution >= 0.6 is 0 Å². The summed E-state index contributed by atoms with van der Waals surface area (Å²) in [6, 6.07) is 16.7. The van der Waals surface area contributed by atoms with Crippen LogP contribution in [0.2, 0.25) is 0 Å². The van der Waals surface area contributed by atoms with Gasteiger partial charge in [0.2, 0.25) is 0 Å². The van der Waals surface area contributed by atoms with E-state index in [1.165, 1.54) is 7.11 Å². The van der Waals surface area contributed by atoms with E-state index in [9.17, 15) is 18.0 Å². The Balaban J connectivity index is 1.96. The third kappa shape index (κ3) is 4.36. The van der Waals surface area contributed by atoms with Crippen molar-refractivity contribution in [1.29, 1.82) is 0 Å². The number of nitrogens with one attached hydrogen (secondary N) is 1. The Bertz CT molecular complexity index is 957. The predicted octanol–water partition coefficient (Wildman–Crippen LogP) is 4.13. The second-order valence-corrected chi connectivity index (χ2v) is 5.92. The number of halogens is 3. The van der Waals surface area contributed by atoms with Crippen LogP contribution in [-0.4, -0.2) is 30.7 Å². The number of fused-ring (bicyclic) bond motifs is 1. The molecule has 3 aromatic rings. The van der Waals surface area contributed by atoms with E-state index >= 15 is 0 Å². The lowest BCUT2D eigenvalue weighted by atomic mass is 10.0. The number of benzene rings is 2. The first-order chi connectivity index (χ1) is 12.9. The Morgan fingerprint density at radius 1 is 1.11 bits per heavy atom. The second-order valence-electron chi connectivity index (χ2n) is 5.92. The number of aromatic nitrogens is 1. The fourth-order valence-corrected chi connectivity index (χ4v) is 2.78. The number of hydrogen-bond donors (Lipinski definition) is 1. The number of nitrogens with zero attached hydrogens (tertiary/aromatic N) is 1. The zero-order chi connectivity index (χ0) is 19.4. The summed E-state index contributed by atoms with van der Waals surface area (Å²) in [5.41, 5.74) is 3.09. The highest BCUT2D eigenvalue weighted by Crippen LogP contribution is 2.28. The molecule has 0 aliphatic heterocycles. The molecule has 0 saturated carbocycles. The van der Waals surface area contributed by atoms with Crippen molar-refractivity contribution in [3.8, 4) is 17.0 Å². The molecular weight excluding hydrogens is 357 g/mol. The van der Waals surface area contributed by atoms with E-state index < -0.39 is 12.1 Å². The highest BCUT2D eigenvalue weighted by molar-refractivity contribution is 5.87. The van der Waals surface area contributed by atoms with Gasteiger partial charge >= 0.3 is 12.1 Å². The van der Waals surface area contributed by atoms with Crippen LogP contribution in [-0.2, 0) is 11.2 Å². The second kappa shape index (κ2) is 7.65. The summed E-state index contributed by atoms with van der Waals surface area (Å²) in [5, 5.41) is 2.68. The van der Waals surface area contributed by atoms with Crippen molar-refractivity contribution in [2.24, 2.45) is 0 Å². The fraction of sp³-hybridized carbons (Fsp3) is 0.200. The molecule has 2 aromatic carbocycles. The van der Waals surface area contributed by atoms with Gasteiger partial charge in [-0.25, -0.2) is 4.98 Å². The summed E-state index contributed by atoms with van der Waals surface area (Å²) >= 11 is 0. The molecule has 0 radical (unpaired) electrons. The van der Waals surface area contributed by atoms with E-state index in [2.05, 4.69) is 4.98 Å². The monoisotopic (exact) mass is 374 g/mol. The average molecular weight is 374 g/mol. The molecule has 7 heteroatoms. The Morgan fingerprint density at radius 2 is 1.85 bits per heavy atom. The molecule has 4 nitrogen and oxygen atoms in total. The zero-order valence-corrected chi connectivity index (χ0v) is 14.5. The van der Waals surface area contributed by atoms with E-state index in [0.29, 0.717) is 17.0 Å². The van der Waals surface area contributed by atoms with Gasteiger partial charge < -0.3 is 10.1 Å². The first-order valence-corrected chi connectivity index (χ1v) is 8.26. The van der Waals surface area contributed by atoms with Crippen LogP contribution in [0.15, 0.2) is 54.6 Å². The summed E-state index contributed by atoms with van der Waals surface area (Å²) < 4.78 is 42.4. The van der Waals surface area contributed by atoms with Gasteiger partial charge in [-0.05, 0) is 36.2 Å². The molecule has 0 spiro atoms. The molecule has 0 fully saturated rings. The van der Waals surface area contributed by atoms with Crippen molar-refractivity contribution in [1.82, 2.24) is 10.3 Å². The topological polar surface area (TPSA) is 51.2 Å². The van der Waals surface area contributed by atoms with Crippen molar-refractivity contribution >= 4 is 16.8 Å². The summed E-state index contributed by atoms with van der Waals surface area (Å²) in [5.74, 6) is -1.32. The van der Waals surface area contributed by atoms with Crippen LogP contribution in [0.1, 0.15) is 5.56 Å². The molecule has 27 heavy (non-hydrogen) atoms. The summed E-state index contributed by atoms with van der Waals surface area (Å²) in [6.45, 7) is -0.136. The van der Waals surface area contributed by atoms with Crippen LogP contribution in [0.3, 0.4) is 0 Å². The van der Waals surface area contributed by atoms with Gasteiger partial charge in [0.1, 0.15) is 5.75 Å². The molecule has 1 N–H and O–H groups in total. The third-order valence-corrected chi connectivity index (χ3v) is 4.11. The normalized spacial score (nSPS) is 11.4. The minimum Gasteiger partial charge on any atom is -0.497 e. The molecule has 0 saturated heterocycles. The highest BCUT2D eigenvalue weighted by Gasteiger charge is 2.38. The molecule has 0 bridgehead atoms. The van der Waals surface area contributed by atoms with Gasteiger partial charge in [-0.2, -0.15) is 13.2 Å². The SMILES string of the molecule is COc1ccc2nc(-c3ccccc3)cc(CCNC(=O)C(F)(F)F)c2c1. The van der Waals surface area contributed by atoms with Gasteiger partial charge in [0.25, 0.3) is 0 Å². The maximum absolute atomic E-state index is 12.4. The van der Waals surface area contributed by atoms with Crippen LogP contribution in [0.25, 0.3) is 22.2 Å². The molecule has 0 unspecified atom stereocenters. The number of alkyl halides is 3. The molecule has 0 aliphatic rings. The van der Waals surface area contributed by atoms with E-state index in [1.807, 2.05) is 41.7 Å². The zero-order valence-electron chi connectivity index (χ0n) is 14.5. The number of hydrogen-bond acceptors (Lipinski definition) is 3. The number of pyridine rings is 1. The molecule has 3 rings (SSSR count). The minimum absolute atomic E-state index is 0.136. The third-order valence-electron chi connectivity index (χ3n) is 4.11. The molecule has 0 atom stereocenters. The van der Waals surface area contributed by atoms with Gasteiger partial charge in [0, 0.05) is 17.5 Å². The van der Waals surface area contributed by atoms with Gasteiger partial charge in [0.15, 0.2) is 0 Å². The fourth-order valence-electron chi connectivity index (χ4n) is 2.78. The smallest absolute Gasteiger partial charge is 0.471 e. The summed E-state index contributed by atoms with van der Waals surface area (Å²) in [4.78, 5) is 15.7. The van der Waals surface area contributed by atoms with Crippen molar-refractivity contribution in [2.75, 3.05) is 13.7 Å². The van der Waals surface area contributed by atoms with Crippen molar-refractivity contribution in [3.05, 3.63) is 60.2 Å². The number of carbonyl (C=O) groups excluding carboxylic acids is 1. The van der Waals surface area contributed by atoms with Crippen molar-refractivity contribution in [3.63, 3.8) is 0 Å². The molecule has 140 valence electrons. The quantitative estimate of drug-likeness (QED) is 0.731. The standard InChI is InChI=1S/C20H17F3N2O2/c1-27-15-7-8-17-16(12-15)14(9-10-24-19(26)20(21,22)23)11-18(25-17)13-5-3-2-4-6-13/h2-8,11-12H,9-10H2,1H3,(H,24,26). The van der Waals surface area contributed by atoms with Crippen LogP contribution in [0.5, 0.6) is 5.75 Å². The maximum atomic E-state index is 12.4. The molecular formula is C20H17F3N2O2. The molecule has 1 heterocycles. The van der Waals surface area contributed by atoms with E-state index in [1.54, 1.807) is 18.2 Å². The Labute approximate surface area is 154 Å². The Kier molecular flexibility index (Phi) is 5.30. The minimum atomic E-state index is -4.89. The van der Waals surface area contributed by atoms with E-state index in [-0.39, 0.29) is 13.0 Å². The number of methoxy groups -OCH3 is 1. The van der Waals surface area contributed by atoms with E-state index in [0.717, 1.165) is 16.5 Å². The number of ether oxygens (including phenoxy) is 1. The lowest BCUT2D eigenvalue weighted by Gasteiger charge is -2.12.